The van der Waals surface area contributed by atoms with E-state index in [4.69, 9.17) is 0 Å². The van der Waals surface area contributed by atoms with Gasteiger partial charge in [0, 0.05) is 0 Å². The van der Waals surface area contributed by atoms with Crippen LogP contribution in [0.3, 0.4) is 0 Å². The zero-order valence-corrected chi connectivity index (χ0v) is 8.87. The van der Waals surface area contributed by atoms with Gasteiger partial charge in [-0.3, -0.25) is 14.6 Å². The first kappa shape index (κ1) is 13.3. The third kappa shape index (κ3) is 4.28. The van der Waals surface area contributed by atoms with Gasteiger partial charge in [-0.1, -0.05) is 0 Å². The maximum absolute atomic E-state index is 11.7. The zero-order valence-electron chi connectivity index (χ0n) is 8.87. The number of Topliss-reactive ketones (excluding diaryl/α,β-unsaturated/α-hetero) is 1. The number of ketones is 1. The van der Waals surface area contributed by atoms with Gasteiger partial charge in [-0.25, -0.2) is 0 Å². The van der Waals surface area contributed by atoms with E-state index in [1.807, 2.05) is 0 Å². The Morgan fingerprint density at radius 3 is 1.47 bits per heavy atom. The number of rotatable bonds is 4. The molecule has 0 unspecified atom stereocenters. The monoisotopic (exact) mass is 204 g/mol. The Bertz CT molecular complexity index is 179. The Balaban J connectivity index is 0.00000112. The molecular weight excluding hydrogens is 183 g/mol. The number of carbonyl (C=O) groups excluding carboxylic acids is 1. The fourth-order valence-electron chi connectivity index (χ4n) is 2.43. The van der Waals surface area contributed by atoms with Gasteiger partial charge in [0.25, 0.3) is 0 Å². The quantitative estimate of drug-likeness (QED) is 0.607. The predicted molar refractivity (Wildman–Crippen MR) is 63.5 cm³/mol. The molecule has 0 N–H and O–H groups in total. The molecule has 4 heteroatoms. The summed E-state index contributed by atoms with van der Waals surface area (Å²) in [5.74, 6) is 0.411. The molecule has 0 aromatic carbocycles. The van der Waals surface area contributed by atoms with Crippen molar-refractivity contribution >= 4 is 24.6 Å². The van der Waals surface area contributed by atoms with Crippen LogP contribution in [-0.2, 0) is 4.79 Å². The van der Waals surface area contributed by atoms with Gasteiger partial charge < -0.3 is 0 Å². The second-order valence-corrected chi connectivity index (χ2v) is 4.51. The van der Waals surface area contributed by atoms with Crippen LogP contribution in [0.25, 0.3) is 0 Å². The van der Waals surface area contributed by atoms with Crippen molar-refractivity contribution in [1.82, 2.24) is 9.80 Å². The summed E-state index contributed by atoms with van der Waals surface area (Å²) in [7, 11) is 0. The van der Waals surface area contributed by atoms with Gasteiger partial charge in [-0.15, -0.1) is 0 Å². The summed E-state index contributed by atoms with van der Waals surface area (Å²) < 4.78 is 0. The summed E-state index contributed by atoms with van der Waals surface area (Å²) in [6, 6.07) is 0. The van der Waals surface area contributed by atoms with Gasteiger partial charge in [-0.2, -0.15) is 0 Å². The molecular formula is C11H21LiN2O. The molecule has 0 amide bonds. The molecule has 82 valence electrons. The summed E-state index contributed by atoms with van der Waals surface area (Å²) in [4.78, 5) is 16.3. The molecule has 2 saturated heterocycles. The van der Waals surface area contributed by atoms with Crippen molar-refractivity contribution in [2.24, 2.45) is 0 Å². The zero-order chi connectivity index (χ0) is 9.80. The number of likely N-dealkylation sites (tertiary alicyclic amines) is 2. The average molecular weight is 204 g/mol. The third-order valence-corrected chi connectivity index (χ3v) is 3.20. The van der Waals surface area contributed by atoms with Gasteiger partial charge in [0.05, 0.1) is 13.1 Å². The van der Waals surface area contributed by atoms with E-state index in [2.05, 4.69) is 9.80 Å². The topological polar surface area (TPSA) is 23.6 Å². The summed E-state index contributed by atoms with van der Waals surface area (Å²) in [6.45, 7) is 5.90. The molecule has 2 aliphatic rings. The van der Waals surface area contributed by atoms with Crippen LogP contribution in [0.2, 0.25) is 0 Å². The Morgan fingerprint density at radius 2 is 1.13 bits per heavy atom. The molecule has 2 heterocycles. The first-order chi connectivity index (χ1) is 6.84. The average Bonchev–Trinajstić information content (AvgIpc) is 2.76. The van der Waals surface area contributed by atoms with Gasteiger partial charge in [0.15, 0.2) is 5.78 Å². The predicted octanol–water partition coefficient (Wildman–Crippen LogP) is 0.0986. The summed E-state index contributed by atoms with van der Waals surface area (Å²) in [5, 5.41) is 0. The van der Waals surface area contributed by atoms with Crippen molar-refractivity contribution in [1.29, 1.82) is 0 Å². The Morgan fingerprint density at radius 1 is 0.800 bits per heavy atom. The van der Waals surface area contributed by atoms with E-state index in [1.54, 1.807) is 0 Å². The molecule has 0 spiro atoms. The minimum atomic E-state index is 0. The molecule has 15 heavy (non-hydrogen) atoms. The number of hydrogen-bond acceptors (Lipinski definition) is 3. The van der Waals surface area contributed by atoms with E-state index < -0.39 is 0 Å². The van der Waals surface area contributed by atoms with E-state index in [1.165, 1.54) is 25.7 Å². The number of nitrogens with zero attached hydrogens (tertiary/aromatic N) is 2. The van der Waals surface area contributed by atoms with Crippen molar-refractivity contribution in [2.45, 2.75) is 25.7 Å². The van der Waals surface area contributed by atoms with Crippen LogP contribution >= 0.6 is 0 Å². The van der Waals surface area contributed by atoms with Crippen LogP contribution in [0.4, 0.5) is 0 Å². The van der Waals surface area contributed by atoms with Gasteiger partial charge in [-0.05, 0) is 51.9 Å². The van der Waals surface area contributed by atoms with Crippen molar-refractivity contribution in [3.8, 4) is 0 Å². The second-order valence-electron chi connectivity index (χ2n) is 4.51. The minimum absolute atomic E-state index is 0. The molecule has 2 fully saturated rings. The second kappa shape index (κ2) is 6.70. The van der Waals surface area contributed by atoms with Crippen LogP contribution in [0.15, 0.2) is 0 Å². The normalized spacial score (nSPS) is 22.9. The fourth-order valence-corrected chi connectivity index (χ4v) is 2.43. The van der Waals surface area contributed by atoms with Crippen LogP contribution in [0.5, 0.6) is 0 Å². The van der Waals surface area contributed by atoms with E-state index in [0.717, 1.165) is 26.2 Å². The Labute approximate surface area is 104 Å². The van der Waals surface area contributed by atoms with E-state index in [-0.39, 0.29) is 18.9 Å². The number of carbonyl (C=O) groups is 1. The van der Waals surface area contributed by atoms with E-state index in [9.17, 15) is 4.79 Å². The van der Waals surface area contributed by atoms with Crippen LogP contribution in [-0.4, -0.2) is 73.7 Å². The summed E-state index contributed by atoms with van der Waals surface area (Å²) in [6.07, 6.45) is 5.10. The van der Waals surface area contributed by atoms with E-state index in [0.29, 0.717) is 18.9 Å². The van der Waals surface area contributed by atoms with Crippen LogP contribution in [0.1, 0.15) is 25.7 Å². The van der Waals surface area contributed by atoms with Crippen LogP contribution < -0.4 is 0 Å². The summed E-state index contributed by atoms with van der Waals surface area (Å²) >= 11 is 0. The standard InChI is InChI=1S/C11H20N2O.Li.H/c14-11(9-12-5-1-2-6-12)10-13-7-3-4-8-13;;/h1-10H2;;. The Hall–Kier alpha value is 0.187. The molecule has 0 aromatic rings. The van der Waals surface area contributed by atoms with Gasteiger partial charge in [0.2, 0.25) is 0 Å². The molecule has 0 saturated carbocycles. The van der Waals surface area contributed by atoms with Crippen molar-refractivity contribution in [3.63, 3.8) is 0 Å². The number of hydrogen-bond donors (Lipinski definition) is 0. The maximum atomic E-state index is 11.7. The van der Waals surface area contributed by atoms with Crippen molar-refractivity contribution in [2.75, 3.05) is 39.3 Å². The SMILES string of the molecule is O=C(CN1CCCC1)CN1CCCC1.[LiH]. The first-order valence-corrected chi connectivity index (χ1v) is 5.81. The van der Waals surface area contributed by atoms with Gasteiger partial charge >= 0.3 is 18.9 Å². The van der Waals surface area contributed by atoms with Gasteiger partial charge in [0.1, 0.15) is 0 Å². The molecule has 3 nitrogen and oxygen atoms in total. The first-order valence-electron chi connectivity index (χ1n) is 5.81. The molecule has 0 radical (unpaired) electrons. The molecule has 0 atom stereocenters. The van der Waals surface area contributed by atoms with Crippen LogP contribution in [0, 0.1) is 0 Å². The molecule has 2 rings (SSSR count). The fraction of sp³-hybridized carbons (Fsp3) is 0.909. The van der Waals surface area contributed by atoms with Crippen molar-refractivity contribution < 1.29 is 4.79 Å². The van der Waals surface area contributed by atoms with E-state index >= 15 is 0 Å². The molecule has 2 aliphatic heterocycles. The third-order valence-electron chi connectivity index (χ3n) is 3.20. The molecule has 0 aromatic heterocycles. The molecule has 0 aliphatic carbocycles. The Kier molecular flexibility index (Phi) is 5.92. The summed E-state index contributed by atoms with van der Waals surface area (Å²) in [5.41, 5.74) is 0. The molecule has 0 bridgehead atoms. The van der Waals surface area contributed by atoms with Crippen molar-refractivity contribution in [3.05, 3.63) is 0 Å².